The van der Waals surface area contributed by atoms with Crippen LogP contribution in [0.15, 0.2) is 30.1 Å². The van der Waals surface area contributed by atoms with Gasteiger partial charge in [0.25, 0.3) is 5.56 Å². The molecule has 0 saturated carbocycles. The molecule has 19 nitrogen and oxygen atoms in total. The Morgan fingerprint density at radius 3 is 2.63 bits per heavy atom. The molecule has 5 N–H and O–H groups in total. The molecule has 2 bridgehead atoms. The van der Waals surface area contributed by atoms with Crippen LogP contribution in [0.2, 0.25) is 0 Å². The van der Waals surface area contributed by atoms with Crippen molar-refractivity contribution in [2.45, 2.75) is 62.0 Å². The number of rotatable bonds is 10. The number of hydrogen-bond donors (Lipinski definition) is 5. The average Bonchev–Trinajstić information content (AvgIpc) is 3.81. The summed E-state index contributed by atoms with van der Waals surface area (Å²) >= 11 is 8.92. The Kier molecular flexibility index (Phi) is 8.10. The first-order chi connectivity index (χ1) is 21.8. The number of hydrogen-bond acceptors (Lipinski definition) is 15. The van der Waals surface area contributed by atoms with E-state index in [1.165, 1.54) is 28.1 Å². The van der Waals surface area contributed by atoms with Gasteiger partial charge in [-0.25, -0.2) is 33.9 Å². The Morgan fingerprint density at radius 1 is 1.17 bits per heavy atom. The normalized spacial score (nSPS) is 33.5. The maximum Gasteiger partial charge on any atom is 0.384 e. The second kappa shape index (κ2) is 11.6. The number of imidazole rings is 2. The highest BCUT2D eigenvalue weighted by molar-refractivity contribution is 8.44. The monoisotopic (exact) mass is 721 g/mol. The first-order valence-electron chi connectivity index (χ1n) is 13.6. The standard InChI is InChI=1S/C22H26FN9O10P2S2/c1-2-9-13(10(23)20(39-9)31-8-30-12-18(31)27-6-28-19(12)33)41-44(36,46)38-4-22-3-37-14(15(22)42-43(34,35)45)21(40-22)32-7-29-11-16(24)25-5-26-17(11)32/h5-10,13-15,20-21H,2-4H2,1H3,(H,36,46)(H2,24,25,26)(H,27,28,33)(H2,34,35,45)/t9-,10-,13-,14-,15+,20-,21-,22+,44?/m1/s1. The van der Waals surface area contributed by atoms with E-state index in [4.69, 9.17) is 45.3 Å². The van der Waals surface area contributed by atoms with Crippen molar-refractivity contribution in [1.82, 2.24) is 39.0 Å². The van der Waals surface area contributed by atoms with Gasteiger partial charge in [-0.3, -0.25) is 23.0 Å². The molecule has 0 aliphatic carbocycles. The molecule has 3 aliphatic heterocycles. The Balaban J connectivity index is 1.11. The van der Waals surface area contributed by atoms with Crippen molar-refractivity contribution < 1.29 is 46.5 Å². The predicted molar refractivity (Wildman–Crippen MR) is 161 cm³/mol. The van der Waals surface area contributed by atoms with Gasteiger partial charge < -0.3 is 39.2 Å². The molecule has 46 heavy (non-hydrogen) atoms. The molecule has 0 radical (unpaired) electrons. The molecule has 10 atom stereocenters. The molecule has 0 amide bonds. The number of nitrogens with zero attached hydrogens (tertiary/aromatic N) is 7. The molecule has 7 rings (SSSR count). The fraction of sp³-hybridized carbons (Fsp3) is 0.545. The SMILES string of the molecule is CC[C@H]1O[C@@H](n2cnc3c(=O)[nH]cnc32)[C@H](F)[C@@H]1OP(O)(=S)OC[C@]12CO[C@@H]([C@H](n3cnc4c(N)ncnc43)O1)[C@@H]2OP(=O)(O)S. The van der Waals surface area contributed by atoms with Crippen LogP contribution in [0, 0.1) is 0 Å². The Morgan fingerprint density at radius 2 is 1.89 bits per heavy atom. The van der Waals surface area contributed by atoms with E-state index in [2.05, 4.69) is 42.2 Å². The highest BCUT2D eigenvalue weighted by Gasteiger charge is 2.65. The second-order valence-corrected chi connectivity index (χ2v) is 16.2. The van der Waals surface area contributed by atoms with E-state index in [1.807, 2.05) is 0 Å². The third kappa shape index (κ3) is 5.49. The van der Waals surface area contributed by atoms with E-state index in [0.717, 1.165) is 6.33 Å². The summed E-state index contributed by atoms with van der Waals surface area (Å²) in [5, 5.41) is 0. The minimum atomic E-state index is -4.41. The van der Waals surface area contributed by atoms with Crippen LogP contribution < -0.4 is 11.3 Å². The van der Waals surface area contributed by atoms with E-state index in [0.29, 0.717) is 0 Å². The molecule has 3 aliphatic rings. The van der Waals surface area contributed by atoms with Gasteiger partial charge in [-0.05, 0) is 18.2 Å². The summed E-state index contributed by atoms with van der Waals surface area (Å²) < 4.78 is 65.8. The molecule has 7 heterocycles. The summed E-state index contributed by atoms with van der Waals surface area (Å²) in [5.41, 5.74) is 4.44. The molecule has 0 aromatic carbocycles. The number of halogens is 1. The quantitative estimate of drug-likeness (QED) is 0.113. The lowest BCUT2D eigenvalue weighted by molar-refractivity contribution is -0.183. The maximum absolute atomic E-state index is 15.9. The Hall–Kier alpha value is -2.46. The third-order valence-electron chi connectivity index (χ3n) is 7.92. The molecule has 24 heteroatoms. The van der Waals surface area contributed by atoms with Gasteiger partial charge in [-0.15, -0.1) is 0 Å². The summed E-state index contributed by atoms with van der Waals surface area (Å²) in [6, 6.07) is 0. The lowest BCUT2D eigenvalue weighted by Crippen LogP contribution is -2.45. The van der Waals surface area contributed by atoms with E-state index in [-0.39, 0.29) is 41.2 Å². The molecule has 3 fully saturated rings. The smallest absolute Gasteiger partial charge is 0.382 e. The highest BCUT2D eigenvalue weighted by Crippen LogP contribution is 2.58. The van der Waals surface area contributed by atoms with Crippen LogP contribution in [0.25, 0.3) is 22.3 Å². The van der Waals surface area contributed by atoms with Crippen molar-refractivity contribution in [3.05, 3.63) is 35.7 Å². The van der Waals surface area contributed by atoms with E-state index in [9.17, 15) is 19.1 Å². The number of H-pyrrole nitrogens is 1. The van der Waals surface area contributed by atoms with Crippen LogP contribution in [0.5, 0.6) is 0 Å². The predicted octanol–water partition coefficient (Wildman–Crippen LogP) is 0.888. The van der Waals surface area contributed by atoms with E-state index >= 15 is 4.39 Å². The minimum absolute atomic E-state index is 0.0115. The summed E-state index contributed by atoms with van der Waals surface area (Å²) in [7, 11) is 0. The van der Waals surface area contributed by atoms with E-state index < -0.39 is 74.3 Å². The molecule has 2 unspecified atom stereocenters. The molecule has 4 aromatic heterocycles. The van der Waals surface area contributed by atoms with Crippen molar-refractivity contribution in [1.29, 1.82) is 0 Å². The van der Waals surface area contributed by atoms with Gasteiger partial charge >= 0.3 is 13.5 Å². The van der Waals surface area contributed by atoms with Crippen molar-refractivity contribution in [2.24, 2.45) is 0 Å². The van der Waals surface area contributed by atoms with Crippen LogP contribution in [0.1, 0.15) is 25.8 Å². The summed E-state index contributed by atoms with van der Waals surface area (Å²) in [6.45, 7) is -7.72. The fourth-order valence-electron chi connectivity index (χ4n) is 5.88. The highest BCUT2D eigenvalue weighted by atomic mass is 32.7. The summed E-state index contributed by atoms with van der Waals surface area (Å²) in [5.74, 6) is 0.118. The topological polar surface area (TPSA) is 246 Å². The number of fused-ring (bicyclic) bond motifs is 4. The Bertz CT molecular complexity index is 1960. The fourth-order valence-corrected chi connectivity index (χ4v) is 8.25. The zero-order valence-corrected chi connectivity index (χ0v) is 27.0. The molecule has 0 spiro atoms. The van der Waals surface area contributed by atoms with Crippen LogP contribution in [0.4, 0.5) is 10.2 Å². The number of thiol groups is 1. The lowest BCUT2D eigenvalue weighted by atomic mass is 10.0. The number of anilines is 1. The van der Waals surface area contributed by atoms with Crippen LogP contribution >= 0.6 is 25.8 Å². The van der Waals surface area contributed by atoms with E-state index in [1.54, 1.807) is 6.92 Å². The number of nitrogens with one attached hydrogen (secondary N) is 1. The maximum atomic E-state index is 15.9. The molecule has 248 valence electrons. The number of ether oxygens (including phenoxy) is 3. The number of aromatic amines is 1. The summed E-state index contributed by atoms with van der Waals surface area (Å²) in [4.78, 5) is 56.0. The first kappa shape index (κ1) is 32.1. The van der Waals surface area contributed by atoms with Gasteiger partial charge in [0.15, 0.2) is 41.3 Å². The third-order valence-corrected chi connectivity index (χ3v) is 10.2. The number of nitrogens with two attached hydrogens (primary N) is 1. The largest absolute Gasteiger partial charge is 0.384 e. The van der Waals surface area contributed by atoms with Gasteiger partial charge in [0.05, 0.1) is 38.3 Å². The van der Waals surface area contributed by atoms with Crippen molar-refractivity contribution in [3.63, 3.8) is 0 Å². The molecular weight excluding hydrogens is 695 g/mol. The van der Waals surface area contributed by atoms with Gasteiger partial charge in [0, 0.05) is 0 Å². The van der Waals surface area contributed by atoms with Crippen molar-refractivity contribution >= 4 is 65.7 Å². The number of alkyl halides is 1. The second-order valence-electron chi connectivity index (χ2n) is 10.7. The van der Waals surface area contributed by atoms with Crippen molar-refractivity contribution in [2.75, 3.05) is 18.9 Å². The zero-order chi connectivity index (χ0) is 32.6. The van der Waals surface area contributed by atoms with Gasteiger partial charge in [0.1, 0.15) is 35.8 Å². The molecule has 3 saturated heterocycles. The van der Waals surface area contributed by atoms with Crippen molar-refractivity contribution in [3.8, 4) is 0 Å². The molecule has 4 aromatic rings. The van der Waals surface area contributed by atoms with Gasteiger partial charge in [-0.2, -0.15) is 0 Å². The van der Waals surface area contributed by atoms with Crippen LogP contribution in [-0.2, 0) is 44.2 Å². The first-order valence-corrected chi connectivity index (χ1v) is 18.9. The average molecular weight is 722 g/mol. The van der Waals surface area contributed by atoms with Crippen LogP contribution in [0.3, 0.4) is 0 Å². The molecular formula is C22H26FN9O10P2S2. The van der Waals surface area contributed by atoms with Gasteiger partial charge in [-0.1, -0.05) is 19.2 Å². The summed E-state index contributed by atoms with van der Waals surface area (Å²) in [6.07, 6.45) is -3.46. The van der Waals surface area contributed by atoms with Gasteiger partial charge in [0.2, 0.25) is 0 Å². The Labute approximate surface area is 267 Å². The lowest BCUT2D eigenvalue weighted by Gasteiger charge is -2.33. The van der Waals surface area contributed by atoms with Crippen LogP contribution in [-0.4, -0.2) is 98.2 Å². The zero-order valence-electron chi connectivity index (χ0n) is 23.5. The minimum Gasteiger partial charge on any atom is -0.382 e. The number of nitrogen functional groups attached to an aromatic ring is 1. The number of aromatic nitrogens is 8.